The molecule has 0 unspecified atom stereocenters. The van der Waals surface area contributed by atoms with E-state index in [1.807, 2.05) is 0 Å². The third kappa shape index (κ3) is 3.26. The van der Waals surface area contributed by atoms with Crippen molar-refractivity contribution in [2.75, 3.05) is 13.1 Å². The maximum atomic E-state index is 2.48. The third-order valence-electron chi connectivity index (χ3n) is 6.33. The summed E-state index contributed by atoms with van der Waals surface area (Å²) in [6.07, 6.45) is 0.983. The zero-order valence-electron chi connectivity index (χ0n) is 17.3. The Kier molecular flexibility index (Phi) is 4.69. The molecule has 0 heterocycles. The molecule has 1 aliphatic carbocycles. The van der Waals surface area contributed by atoms with E-state index < -0.39 is 0 Å². The Hall–Kier alpha value is -2.90. The molecule has 0 spiro atoms. The molecule has 1 aliphatic rings. The van der Waals surface area contributed by atoms with Crippen molar-refractivity contribution >= 4 is 10.8 Å². The first-order chi connectivity index (χ1) is 14.3. The van der Waals surface area contributed by atoms with Crippen LogP contribution in [0.1, 0.15) is 30.5 Å². The van der Waals surface area contributed by atoms with Crippen molar-refractivity contribution in [2.45, 2.75) is 26.8 Å². The molecule has 0 bridgehead atoms. The highest BCUT2D eigenvalue weighted by molar-refractivity contribution is 5.95. The van der Waals surface area contributed by atoms with E-state index >= 15 is 0 Å². The van der Waals surface area contributed by atoms with Crippen LogP contribution in [0.5, 0.6) is 0 Å². The molecule has 0 N–H and O–H groups in total. The summed E-state index contributed by atoms with van der Waals surface area (Å²) in [7, 11) is 0. The highest BCUT2D eigenvalue weighted by Crippen LogP contribution is 2.42. The fraction of sp³-hybridized carbons (Fsp3) is 0.214. The molecule has 5 rings (SSSR count). The molecule has 1 nitrogen and oxygen atoms in total. The van der Waals surface area contributed by atoms with Crippen LogP contribution in [0.15, 0.2) is 78.9 Å². The third-order valence-corrected chi connectivity index (χ3v) is 6.33. The van der Waals surface area contributed by atoms with Crippen molar-refractivity contribution < 1.29 is 0 Å². The summed E-state index contributed by atoms with van der Waals surface area (Å²) in [5.74, 6) is 0. The second kappa shape index (κ2) is 7.50. The predicted octanol–water partition coefficient (Wildman–Crippen LogP) is 6.92. The molecule has 0 atom stereocenters. The van der Waals surface area contributed by atoms with Gasteiger partial charge in [0.05, 0.1) is 0 Å². The van der Waals surface area contributed by atoms with Gasteiger partial charge in [0.1, 0.15) is 0 Å². The number of fused-ring (bicyclic) bond motifs is 6. The van der Waals surface area contributed by atoms with Crippen LogP contribution in [-0.4, -0.2) is 18.0 Å². The van der Waals surface area contributed by atoms with Crippen molar-refractivity contribution in [2.24, 2.45) is 0 Å². The van der Waals surface area contributed by atoms with Gasteiger partial charge in [-0.25, -0.2) is 0 Å². The maximum absolute atomic E-state index is 2.48. The van der Waals surface area contributed by atoms with Crippen LogP contribution in [0.25, 0.3) is 33.0 Å². The number of rotatable bonds is 4. The van der Waals surface area contributed by atoms with Crippen LogP contribution in [0.3, 0.4) is 0 Å². The molecule has 1 heteroatoms. The van der Waals surface area contributed by atoms with Gasteiger partial charge < -0.3 is 0 Å². The molecule has 0 saturated heterocycles. The summed E-state index contributed by atoms with van der Waals surface area (Å²) in [5, 5.41) is 2.64. The van der Waals surface area contributed by atoms with Crippen LogP contribution in [0.2, 0.25) is 0 Å². The Morgan fingerprint density at radius 3 is 2.14 bits per heavy atom. The quantitative estimate of drug-likeness (QED) is 0.328. The standard InChI is InChI=1S/C28H27N/c1-3-29(4-2)19-20-13-14-26-27-18-22-10-6-5-9-21(22)16-24(27)17-23-11-7-8-12-25(23)28(26)15-20/h5-16,18H,3-4,17,19H2,1-2H3. The number of hydrogen-bond acceptors (Lipinski definition) is 1. The second-order valence-electron chi connectivity index (χ2n) is 8.03. The van der Waals surface area contributed by atoms with Gasteiger partial charge in [-0.1, -0.05) is 80.6 Å². The van der Waals surface area contributed by atoms with E-state index in [2.05, 4.69) is 97.6 Å². The minimum absolute atomic E-state index is 0.983. The van der Waals surface area contributed by atoms with Gasteiger partial charge in [-0.15, -0.1) is 0 Å². The van der Waals surface area contributed by atoms with Crippen LogP contribution in [0, 0.1) is 0 Å². The summed E-state index contributed by atoms with van der Waals surface area (Å²) >= 11 is 0. The van der Waals surface area contributed by atoms with Gasteiger partial charge in [0.2, 0.25) is 0 Å². The second-order valence-corrected chi connectivity index (χ2v) is 8.03. The number of benzene rings is 4. The van der Waals surface area contributed by atoms with Gasteiger partial charge in [0.25, 0.3) is 0 Å². The van der Waals surface area contributed by atoms with E-state index in [0.717, 1.165) is 26.1 Å². The van der Waals surface area contributed by atoms with Gasteiger partial charge in [0, 0.05) is 6.54 Å². The number of nitrogens with zero attached hydrogens (tertiary/aromatic N) is 1. The van der Waals surface area contributed by atoms with Crippen molar-refractivity contribution in [3.63, 3.8) is 0 Å². The Bertz CT molecular complexity index is 1180. The average Bonchev–Trinajstić information content (AvgIpc) is 2.90. The summed E-state index contributed by atoms with van der Waals surface area (Å²) in [6.45, 7) is 7.65. The lowest BCUT2D eigenvalue weighted by atomic mass is 9.91. The summed E-state index contributed by atoms with van der Waals surface area (Å²) in [4.78, 5) is 2.48. The molecule has 0 aliphatic heterocycles. The Balaban J connectivity index is 1.74. The molecular formula is C28H27N. The summed E-state index contributed by atoms with van der Waals surface area (Å²) in [5.41, 5.74) is 9.73. The highest BCUT2D eigenvalue weighted by atomic mass is 15.1. The summed E-state index contributed by atoms with van der Waals surface area (Å²) < 4.78 is 0. The maximum Gasteiger partial charge on any atom is 0.0233 e. The normalized spacial score (nSPS) is 12.4. The van der Waals surface area contributed by atoms with Crippen molar-refractivity contribution in [3.8, 4) is 22.3 Å². The van der Waals surface area contributed by atoms with Gasteiger partial charge in [0.15, 0.2) is 0 Å². The van der Waals surface area contributed by atoms with E-state index in [1.54, 1.807) is 0 Å². The van der Waals surface area contributed by atoms with Crippen LogP contribution in [-0.2, 0) is 13.0 Å². The van der Waals surface area contributed by atoms with Crippen LogP contribution < -0.4 is 0 Å². The SMILES string of the molecule is CCN(CC)Cc1ccc2c(c1)-c1ccccc1Cc1cc3ccccc3cc1-2. The molecular weight excluding hydrogens is 350 g/mol. The van der Waals surface area contributed by atoms with E-state index in [0.29, 0.717) is 0 Å². The van der Waals surface area contributed by atoms with Crippen molar-refractivity contribution in [1.29, 1.82) is 0 Å². The average molecular weight is 378 g/mol. The van der Waals surface area contributed by atoms with Gasteiger partial charge >= 0.3 is 0 Å². The van der Waals surface area contributed by atoms with Crippen molar-refractivity contribution in [1.82, 2.24) is 4.90 Å². The lowest BCUT2D eigenvalue weighted by molar-refractivity contribution is 0.296. The van der Waals surface area contributed by atoms with E-state index in [9.17, 15) is 0 Å². The largest absolute Gasteiger partial charge is 0.300 e. The number of hydrogen-bond donors (Lipinski definition) is 0. The predicted molar refractivity (Wildman–Crippen MR) is 124 cm³/mol. The van der Waals surface area contributed by atoms with Crippen LogP contribution >= 0.6 is 0 Å². The topological polar surface area (TPSA) is 3.24 Å². The fourth-order valence-electron chi connectivity index (χ4n) is 4.68. The minimum atomic E-state index is 0.983. The van der Waals surface area contributed by atoms with E-state index in [-0.39, 0.29) is 0 Å². The zero-order chi connectivity index (χ0) is 19.8. The molecule has 0 saturated carbocycles. The monoisotopic (exact) mass is 377 g/mol. The molecule has 0 fully saturated rings. The molecule has 4 aromatic rings. The molecule has 0 aromatic heterocycles. The Morgan fingerprint density at radius 2 is 1.34 bits per heavy atom. The first kappa shape index (κ1) is 18.1. The van der Waals surface area contributed by atoms with Gasteiger partial charge in [-0.2, -0.15) is 0 Å². The van der Waals surface area contributed by atoms with Crippen molar-refractivity contribution in [3.05, 3.63) is 95.6 Å². The minimum Gasteiger partial charge on any atom is -0.300 e. The highest BCUT2D eigenvalue weighted by Gasteiger charge is 2.20. The molecule has 4 aromatic carbocycles. The van der Waals surface area contributed by atoms with Gasteiger partial charge in [-0.05, 0) is 81.4 Å². The Labute approximate surface area is 173 Å². The zero-order valence-corrected chi connectivity index (χ0v) is 17.3. The van der Waals surface area contributed by atoms with E-state index in [1.165, 1.54) is 49.7 Å². The Morgan fingerprint density at radius 1 is 0.621 bits per heavy atom. The fourth-order valence-corrected chi connectivity index (χ4v) is 4.68. The molecule has 0 radical (unpaired) electrons. The molecule has 29 heavy (non-hydrogen) atoms. The molecule has 144 valence electrons. The molecule has 0 amide bonds. The van der Waals surface area contributed by atoms with Gasteiger partial charge in [-0.3, -0.25) is 4.90 Å². The smallest absolute Gasteiger partial charge is 0.0233 e. The van der Waals surface area contributed by atoms with E-state index in [4.69, 9.17) is 0 Å². The first-order valence-corrected chi connectivity index (χ1v) is 10.7. The first-order valence-electron chi connectivity index (χ1n) is 10.7. The lowest BCUT2D eigenvalue weighted by Gasteiger charge is -2.20. The van der Waals surface area contributed by atoms with Crippen LogP contribution in [0.4, 0.5) is 0 Å². The summed E-state index contributed by atoms with van der Waals surface area (Å²) in [6, 6.07) is 29.5. The lowest BCUT2D eigenvalue weighted by Crippen LogP contribution is -2.22.